The predicted molar refractivity (Wildman–Crippen MR) is 148 cm³/mol. The minimum Gasteiger partial charge on any atom is -0.493 e. The third-order valence-corrected chi connectivity index (χ3v) is 7.31. The summed E-state index contributed by atoms with van der Waals surface area (Å²) in [5, 5.41) is 7.78. The van der Waals surface area contributed by atoms with Crippen LogP contribution < -0.4 is 15.4 Å². The van der Waals surface area contributed by atoms with E-state index in [0.717, 1.165) is 34.5 Å². The zero-order valence-corrected chi connectivity index (χ0v) is 22.8. The molecule has 198 valence electrons. The van der Waals surface area contributed by atoms with Crippen molar-refractivity contribution in [2.45, 2.75) is 40.0 Å². The van der Waals surface area contributed by atoms with Gasteiger partial charge in [0.15, 0.2) is 5.69 Å². The van der Waals surface area contributed by atoms with Crippen molar-refractivity contribution in [1.82, 2.24) is 15.6 Å². The lowest BCUT2D eigenvalue weighted by Crippen LogP contribution is -2.26. The summed E-state index contributed by atoms with van der Waals surface area (Å²) in [7, 11) is 1.25. The summed E-state index contributed by atoms with van der Waals surface area (Å²) in [6.07, 6.45) is 4.02. The van der Waals surface area contributed by atoms with Gasteiger partial charge in [0.1, 0.15) is 11.4 Å². The molecule has 0 bridgehead atoms. The number of hydrogen-bond donors (Lipinski definition) is 2. The molecular formula is C29H31N3O5S. The van der Waals surface area contributed by atoms with Gasteiger partial charge in [0.05, 0.1) is 13.7 Å². The highest BCUT2D eigenvalue weighted by Gasteiger charge is 2.27. The molecule has 38 heavy (non-hydrogen) atoms. The fraction of sp³-hybridized carbons (Fsp3) is 0.310. The van der Waals surface area contributed by atoms with E-state index in [4.69, 9.17) is 9.47 Å². The maximum Gasteiger partial charge on any atom is 0.357 e. The fourth-order valence-electron chi connectivity index (χ4n) is 4.29. The van der Waals surface area contributed by atoms with Crippen molar-refractivity contribution in [3.8, 4) is 27.3 Å². The molecule has 0 saturated heterocycles. The summed E-state index contributed by atoms with van der Waals surface area (Å²) in [5.74, 6) is -0.811. The summed E-state index contributed by atoms with van der Waals surface area (Å²) in [6.45, 7) is 6.74. The zero-order chi connectivity index (χ0) is 27.2. The molecule has 2 N–H and O–H groups in total. The Labute approximate surface area is 226 Å². The lowest BCUT2D eigenvalue weighted by atomic mass is 9.93. The molecular weight excluding hydrogens is 502 g/mol. The summed E-state index contributed by atoms with van der Waals surface area (Å²) >= 11 is 1.60. The van der Waals surface area contributed by atoms with Crippen LogP contribution in [-0.4, -0.2) is 43.0 Å². The minimum absolute atomic E-state index is 0.0576. The maximum absolute atomic E-state index is 13.6. The number of carbonyl (C=O) groups is 3. The molecule has 4 rings (SSSR count). The van der Waals surface area contributed by atoms with Crippen LogP contribution in [0.4, 0.5) is 0 Å². The van der Waals surface area contributed by atoms with Crippen LogP contribution in [0.1, 0.15) is 70.5 Å². The number of esters is 1. The predicted octanol–water partition coefficient (Wildman–Crippen LogP) is 5.38. The Bertz CT molecular complexity index is 1410. The van der Waals surface area contributed by atoms with Crippen molar-refractivity contribution >= 4 is 29.1 Å². The van der Waals surface area contributed by atoms with E-state index in [1.54, 1.807) is 29.5 Å². The number of nitrogens with one attached hydrogen (secondary N) is 2. The number of methoxy groups -OCH3 is 1. The molecule has 0 fully saturated rings. The molecule has 1 aliphatic rings. The molecule has 0 radical (unpaired) electrons. The Morgan fingerprint density at radius 2 is 1.92 bits per heavy atom. The van der Waals surface area contributed by atoms with E-state index in [-0.39, 0.29) is 17.3 Å². The van der Waals surface area contributed by atoms with Crippen LogP contribution in [-0.2, 0) is 11.2 Å². The van der Waals surface area contributed by atoms with Crippen LogP contribution in [0.3, 0.4) is 0 Å². The first-order valence-electron chi connectivity index (χ1n) is 12.6. The number of benzene rings is 1. The molecule has 0 aliphatic carbocycles. The van der Waals surface area contributed by atoms with Crippen molar-refractivity contribution in [3.63, 3.8) is 0 Å². The number of ether oxygens (including phenoxy) is 2. The smallest absolute Gasteiger partial charge is 0.357 e. The van der Waals surface area contributed by atoms with Gasteiger partial charge in [0.25, 0.3) is 11.8 Å². The van der Waals surface area contributed by atoms with Crippen LogP contribution in [0.2, 0.25) is 0 Å². The first-order chi connectivity index (χ1) is 18.4. The largest absolute Gasteiger partial charge is 0.493 e. The zero-order valence-electron chi connectivity index (χ0n) is 22.0. The normalized spacial score (nSPS) is 12.5. The number of carbonyl (C=O) groups excluding carboxylic acids is 3. The molecule has 1 aliphatic heterocycles. The van der Waals surface area contributed by atoms with E-state index in [1.807, 2.05) is 38.3 Å². The number of amides is 2. The van der Waals surface area contributed by atoms with Gasteiger partial charge in [-0.2, -0.15) is 0 Å². The van der Waals surface area contributed by atoms with E-state index in [1.165, 1.54) is 7.11 Å². The molecule has 0 unspecified atom stereocenters. The minimum atomic E-state index is -0.712. The monoisotopic (exact) mass is 533 g/mol. The Hall–Kier alpha value is -3.98. The van der Waals surface area contributed by atoms with Gasteiger partial charge in [-0.25, -0.2) is 9.78 Å². The summed E-state index contributed by atoms with van der Waals surface area (Å²) < 4.78 is 11.1. The number of pyridine rings is 1. The van der Waals surface area contributed by atoms with Crippen molar-refractivity contribution in [3.05, 3.63) is 70.0 Å². The van der Waals surface area contributed by atoms with Crippen LogP contribution in [0.5, 0.6) is 5.75 Å². The van der Waals surface area contributed by atoms with E-state index in [2.05, 4.69) is 21.7 Å². The number of thiophene rings is 1. The van der Waals surface area contributed by atoms with E-state index in [9.17, 15) is 14.4 Å². The second-order valence-electron chi connectivity index (χ2n) is 8.73. The third-order valence-electron chi connectivity index (χ3n) is 6.32. The second-order valence-corrected chi connectivity index (χ2v) is 9.65. The van der Waals surface area contributed by atoms with Crippen LogP contribution in [0.25, 0.3) is 21.6 Å². The van der Waals surface area contributed by atoms with Gasteiger partial charge in [-0.05, 0) is 61.0 Å². The standard InChI is InChI=1S/C29H31N3O5S/c1-5-12-30-28(34)23-9-8-19(25(32-23)29(35)36-4)20-16-24-22(26-17(10-13-37-24)11-14-38-26)15-21(20)27(33)31-18(6-2)7-3/h6,8-9,11,14-16H,5,7,10,12-13H2,1-4H3,(H,30,34)(H,31,33)/b18-6+. The number of rotatable bonds is 8. The quantitative estimate of drug-likeness (QED) is 0.377. The molecule has 0 atom stereocenters. The topological polar surface area (TPSA) is 107 Å². The summed E-state index contributed by atoms with van der Waals surface area (Å²) in [5.41, 5.74) is 3.98. The van der Waals surface area contributed by atoms with Crippen molar-refractivity contribution in [2.24, 2.45) is 0 Å². The molecule has 1 aromatic carbocycles. The second kappa shape index (κ2) is 12.0. The lowest BCUT2D eigenvalue weighted by molar-refractivity contribution is 0.0594. The van der Waals surface area contributed by atoms with Gasteiger partial charge < -0.3 is 20.1 Å². The molecule has 8 nitrogen and oxygen atoms in total. The van der Waals surface area contributed by atoms with Gasteiger partial charge in [-0.3, -0.25) is 9.59 Å². The number of nitrogens with zero attached hydrogens (tertiary/aromatic N) is 1. The molecule has 0 saturated carbocycles. The molecule has 9 heteroatoms. The van der Waals surface area contributed by atoms with Gasteiger partial charge in [-0.15, -0.1) is 11.3 Å². The van der Waals surface area contributed by atoms with Gasteiger partial charge in [0.2, 0.25) is 0 Å². The first kappa shape index (κ1) is 27.1. The average molecular weight is 534 g/mol. The molecule has 2 aromatic heterocycles. The number of fused-ring (bicyclic) bond motifs is 3. The third kappa shape index (κ3) is 5.47. The molecule has 0 spiro atoms. The number of aromatic nitrogens is 1. The van der Waals surface area contributed by atoms with Crippen LogP contribution >= 0.6 is 11.3 Å². The molecule has 3 heterocycles. The van der Waals surface area contributed by atoms with E-state index < -0.39 is 11.9 Å². The number of hydrogen-bond acceptors (Lipinski definition) is 7. The van der Waals surface area contributed by atoms with Crippen LogP contribution in [0.15, 0.2) is 47.5 Å². The Kier molecular flexibility index (Phi) is 8.58. The van der Waals surface area contributed by atoms with Crippen molar-refractivity contribution < 1.29 is 23.9 Å². The average Bonchev–Trinajstić information content (AvgIpc) is 3.34. The molecule has 3 aromatic rings. The van der Waals surface area contributed by atoms with E-state index in [0.29, 0.717) is 42.0 Å². The Balaban J connectivity index is 1.93. The van der Waals surface area contributed by atoms with Crippen LogP contribution in [0, 0.1) is 0 Å². The van der Waals surface area contributed by atoms with E-state index >= 15 is 0 Å². The fourth-order valence-corrected chi connectivity index (χ4v) is 5.27. The maximum atomic E-state index is 13.6. The van der Waals surface area contributed by atoms with Crippen molar-refractivity contribution in [1.29, 1.82) is 0 Å². The first-order valence-corrected chi connectivity index (χ1v) is 13.5. The van der Waals surface area contributed by atoms with Gasteiger partial charge >= 0.3 is 5.97 Å². The Morgan fingerprint density at radius 3 is 2.63 bits per heavy atom. The molecule has 2 amide bonds. The highest BCUT2D eigenvalue weighted by atomic mass is 32.1. The lowest BCUT2D eigenvalue weighted by Gasteiger charge is -2.18. The summed E-state index contributed by atoms with van der Waals surface area (Å²) in [4.78, 5) is 44.5. The van der Waals surface area contributed by atoms with Crippen molar-refractivity contribution in [2.75, 3.05) is 20.3 Å². The number of allylic oxidation sites excluding steroid dienone is 2. The van der Waals surface area contributed by atoms with Gasteiger partial charge in [0, 0.05) is 45.8 Å². The Morgan fingerprint density at radius 1 is 1.11 bits per heavy atom. The summed E-state index contributed by atoms with van der Waals surface area (Å²) in [6, 6.07) is 8.83. The van der Waals surface area contributed by atoms with Gasteiger partial charge in [-0.1, -0.05) is 19.9 Å². The highest BCUT2D eigenvalue weighted by Crippen LogP contribution is 2.43. The SMILES string of the molecule is C/C=C(\CC)NC(=O)c1cc2c(cc1-c1ccc(C(=O)NCCC)nc1C(=O)OC)OCCc1ccsc1-2. The highest BCUT2D eigenvalue weighted by molar-refractivity contribution is 7.13.